The highest BCUT2D eigenvalue weighted by atomic mass is 16.5. The lowest BCUT2D eigenvalue weighted by Crippen LogP contribution is -2.54. The van der Waals surface area contributed by atoms with Gasteiger partial charge in [-0.1, -0.05) is 6.92 Å². The number of amides is 3. The standard InChI is InChI=1S/C24H36N4O5/c1-5-22(29)26-16-7-10-20-18(13-16)24(31)28(4)19-9-8-17(33-21(19)15-32-20)14-23(30)25-11-6-12-27(2)3/h7,10,13,17,19,21H,5-6,8-9,11-12,14-15H2,1-4H3,(H,25,30)(H,26,29)/t17-,19+,21-/m0/s1. The van der Waals surface area contributed by atoms with Gasteiger partial charge in [-0.25, -0.2) is 0 Å². The molecule has 0 unspecified atom stereocenters. The van der Waals surface area contributed by atoms with Gasteiger partial charge in [0.05, 0.1) is 24.1 Å². The molecule has 2 heterocycles. The third-order valence-corrected chi connectivity index (χ3v) is 6.13. The van der Waals surface area contributed by atoms with Crippen LogP contribution in [0.1, 0.15) is 49.4 Å². The number of hydrogen-bond acceptors (Lipinski definition) is 6. The van der Waals surface area contributed by atoms with Crippen LogP contribution in [0.2, 0.25) is 0 Å². The largest absolute Gasteiger partial charge is 0.490 e. The highest BCUT2D eigenvalue weighted by molar-refractivity contribution is 5.99. The van der Waals surface area contributed by atoms with Crippen molar-refractivity contribution in [1.29, 1.82) is 0 Å². The van der Waals surface area contributed by atoms with Gasteiger partial charge in [0, 0.05) is 25.7 Å². The molecule has 0 spiro atoms. The van der Waals surface area contributed by atoms with Crippen molar-refractivity contribution >= 4 is 23.4 Å². The Morgan fingerprint density at radius 1 is 1.21 bits per heavy atom. The average Bonchev–Trinajstić information content (AvgIpc) is 2.79. The van der Waals surface area contributed by atoms with Gasteiger partial charge >= 0.3 is 0 Å². The number of rotatable bonds is 8. The molecule has 9 nitrogen and oxygen atoms in total. The maximum absolute atomic E-state index is 13.2. The Labute approximate surface area is 195 Å². The molecule has 0 bridgehead atoms. The Hall–Kier alpha value is -2.65. The molecule has 2 aliphatic rings. The predicted octanol–water partition coefficient (Wildman–Crippen LogP) is 1.87. The molecule has 0 saturated carbocycles. The third-order valence-electron chi connectivity index (χ3n) is 6.13. The first-order valence-electron chi connectivity index (χ1n) is 11.7. The summed E-state index contributed by atoms with van der Waals surface area (Å²) in [5.41, 5.74) is 0.990. The molecule has 0 radical (unpaired) electrons. The molecule has 33 heavy (non-hydrogen) atoms. The van der Waals surface area contributed by atoms with Gasteiger partial charge in [0.25, 0.3) is 5.91 Å². The summed E-state index contributed by atoms with van der Waals surface area (Å²) in [6, 6.07) is 4.95. The summed E-state index contributed by atoms with van der Waals surface area (Å²) in [6.45, 7) is 3.64. The van der Waals surface area contributed by atoms with E-state index in [0.717, 1.165) is 19.4 Å². The van der Waals surface area contributed by atoms with Gasteiger partial charge < -0.3 is 29.9 Å². The molecule has 3 amide bonds. The lowest BCUT2D eigenvalue weighted by molar-refractivity contribution is -0.134. The molecule has 0 aromatic heterocycles. The van der Waals surface area contributed by atoms with Crippen molar-refractivity contribution in [3.63, 3.8) is 0 Å². The third kappa shape index (κ3) is 6.68. The fraction of sp³-hybridized carbons (Fsp3) is 0.625. The molecule has 9 heteroatoms. The van der Waals surface area contributed by atoms with Gasteiger partial charge in [0.1, 0.15) is 18.5 Å². The molecule has 1 saturated heterocycles. The van der Waals surface area contributed by atoms with Gasteiger partial charge in [-0.2, -0.15) is 0 Å². The quantitative estimate of drug-likeness (QED) is 0.575. The van der Waals surface area contributed by atoms with Crippen LogP contribution in [0, 0.1) is 0 Å². The number of carbonyl (C=O) groups excluding carboxylic acids is 3. The number of ether oxygens (including phenoxy) is 2. The van der Waals surface area contributed by atoms with E-state index in [1.54, 1.807) is 37.1 Å². The number of fused-ring (bicyclic) bond motifs is 2. The van der Waals surface area contributed by atoms with E-state index in [-0.39, 0.29) is 42.6 Å². The normalized spacial score (nSPS) is 22.5. The van der Waals surface area contributed by atoms with Crippen LogP contribution < -0.4 is 15.4 Å². The molecule has 1 aromatic rings. The van der Waals surface area contributed by atoms with Crippen LogP contribution in [-0.4, -0.2) is 86.6 Å². The van der Waals surface area contributed by atoms with Crippen molar-refractivity contribution in [2.75, 3.05) is 46.2 Å². The van der Waals surface area contributed by atoms with Gasteiger partial charge in [-0.05, 0) is 58.1 Å². The van der Waals surface area contributed by atoms with Crippen LogP contribution >= 0.6 is 0 Å². The number of benzene rings is 1. The van der Waals surface area contributed by atoms with Gasteiger partial charge in [0.15, 0.2) is 0 Å². The number of anilines is 1. The Bertz CT molecular complexity index is 859. The molecule has 0 aliphatic carbocycles. The predicted molar refractivity (Wildman–Crippen MR) is 125 cm³/mol. The minimum Gasteiger partial charge on any atom is -0.490 e. The minimum absolute atomic E-state index is 0.0135. The molecule has 3 atom stereocenters. The first-order valence-corrected chi connectivity index (χ1v) is 11.7. The van der Waals surface area contributed by atoms with Crippen LogP contribution in [0.4, 0.5) is 5.69 Å². The number of carbonyl (C=O) groups is 3. The summed E-state index contributed by atoms with van der Waals surface area (Å²) < 4.78 is 12.2. The summed E-state index contributed by atoms with van der Waals surface area (Å²) in [6.07, 6.45) is 2.49. The minimum atomic E-state index is -0.313. The van der Waals surface area contributed by atoms with E-state index < -0.39 is 0 Å². The van der Waals surface area contributed by atoms with Gasteiger partial charge in [0.2, 0.25) is 11.8 Å². The topological polar surface area (TPSA) is 100 Å². The first-order chi connectivity index (χ1) is 15.8. The summed E-state index contributed by atoms with van der Waals surface area (Å²) >= 11 is 0. The Morgan fingerprint density at radius 3 is 2.73 bits per heavy atom. The van der Waals surface area contributed by atoms with E-state index in [4.69, 9.17) is 9.47 Å². The SMILES string of the molecule is CCC(=O)Nc1ccc2c(c1)C(=O)N(C)[C@@H]1CC[C@@H](CC(=O)NCCCN(C)C)O[C@H]1CO2. The van der Waals surface area contributed by atoms with Crippen molar-refractivity contribution in [2.24, 2.45) is 0 Å². The van der Waals surface area contributed by atoms with Crippen LogP contribution in [0.3, 0.4) is 0 Å². The van der Waals surface area contributed by atoms with Crippen LogP contribution in [0.15, 0.2) is 18.2 Å². The summed E-state index contributed by atoms with van der Waals surface area (Å²) in [5.74, 6) is 0.161. The van der Waals surface area contributed by atoms with Crippen molar-refractivity contribution in [3.8, 4) is 5.75 Å². The van der Waals surface area contributed by atoms with Crippen LogP contribution in [-0.2, 0) is 14.3 Å². The number of likely N-dealkylation sites (N-methyl/N-ethyl adjacent to an activating group) is 1. The molecule has 182 valence electrons. The van der Waals surface area contributed by atoms with Gasteiger partial charge in [-0.3, -0.25) is 14.4 Å². The number of nitrogens with zero attached hydrogens (tertiary/aromatic N) is 2. The van der Waals surface area contributed by atoms with E-state index in [0.29, 0.717) is 42.8 Å². The van der Waals surface area contributed by atoms with E-state index >= 15 is 0 Å². The Balaban J connectivity index is 1.62. The monoisotopic (exact) mass is 460 g/mol. The van der Waals surface area contributed by atoms with E-state index in [1.807, 2.05) is 14.1 Å². The number of hydrogen-bond donors (Lipinski definition) is 2. The van der Waals surface area contributed by atoms with Crippen molar-refractivity contribution in [2.45, 2.75) is 57.3 Å². The van der Waals surface area contributed by atoms with Crippen molar-refractivity contribution in [3.05, 3.63) is 23.8 Å². The van der Waals surface area contributed by atoms with E-state index in [1.165, 1.54) is 0 Å². The van der Waals surface area contributed by atoms with Crippen LogP contribution in [0.5, 0.6) is 5.75 Å². The fourth-order valence-electron chi connectivity index (χ4n) is 4.26. The summed E-state index contributed by atoms with van der Waals surface area (Å²) in [7, 11) is 5.79. The zero-order valence-electron chi connectivity index (χ0n) is 20.1. The summed E-state index contributed by atoms with van der Waals surface area (Å²) in [5, 5.41) is 5.75. The number of nitrogens with one attached hydrogen (secondary N) is 2. The maximum Gasteiger partial charge on any atom is 0.257 e. The second-order valence-electron chi connectivity index (χ2n) is 8.99. The Morgan fingerprint density at radius 2 is 2.00 bits per heavy atom. The smallest absolute Gasteiger partial charge is 0.257 e. The maximum atomic E-state index is 13.2. The zero-order valence-corrected chi connectivity index (χ0v) is 20.1. The Kier molecular flexibility index (Phi) is 8.68. The lowest BCUT2D eigenvalue weighted by atomic mass is 9.94. The molecular weight excluding hydrogens is 424 g/mol. The molecular formula is C24H36N4O5. The van der Waals surface area contributed by atoms with Crippen LogP contribution in [0.25, 0.3) is 0 Å². The highest BCUT2D eigenvalue weighted by Crippen LogP contribution is 2.32. The van der Waals surface area contributed by atoms with Crippen molar-refractivity contribution < 1.29 is 23.9 Å². The van der Waals surface area contributed by atoms with E-state index in [9.17, 15) is 14.4 Å². The van der Waals surface area contributed by atoms with Gasteiger partial charge in [-0.15, -0.1) is 0 Å². The van der Waals surface area contributed by atoms with E-state index in [2.05, 4.69) is 15.5 Å². The molecule has 3 rings (SSSR count). The first kappa shape index (κ1) is 25.0. The zero-order chi connectivity index (χ0) is 24.0. The second-order valence-corrected chi connectivity index (χ2v) is 8.99. The summed E-state index contributed by atoms with van der Waals surface area (Å²) in [4.78, 5) is 41.1. The van der Waals surface area contributed by atoms with Crippen molar-refractivity contribution in [1.82, 2.24) is 15.1 Å². The average molecular weight is 461 g/mol. The second kappa shape index (κ2) is 11.5. The highest BCUT2D eigenvalue weighted by Gasteiger charge is 2.39. The molecule has 1 fully saturated rings. The molecule has 2 N–H and O–H groups in total. The lowest BCUT2D eigenvalue weighted by Gasteiger charge is -2.42. The fourth-order valence-corrected chi connectivity index (χ4v) is 4.26. The molecule has 2 aliphatic heterocycles. The molecule has 1 aromatic carbocycles.